The Hall–Kier alpha value is -1.74. The first kappa shape index (κ1) is 14.2. The van der Waals surface area contributed by atoms with Crippen molar-refractivity contribution in [3.8, 4) is 5.69 Å². The zero-order chi connectivity index (χ0) is 15.3. The molecule has 0 spiro atoms. The minimum absolute atomic E-state index is 0.0101. The molecule has 0 radical (unpaired) electrons. The van der Waals surface area contributed by atoms with Gasteiger partial charge in [-0.2, -0.15) is 0 Å². The van der Waals surface area contributed by atoms with Crippen molar-refractivity contribution >= 4 is 22.6 Å². The minimum Gasteiger partial charge on any atom is -0.349 e. The van der Waals surface area contributed by atoms with Crippen molar-refractivity contribution in [2.24, 2.45) is 4.99 Å². The van der Waals surface area contributed by atoms with Crippen LogP contribution < -0.4 is 5.32 Å². The second-order valence-corrected chi connectivity index (χ2v) is 6.23. The molecular weight excluding hydrogens is 282 g/mol. The number of hydrogen-bond donors (Lipinski definition) is 1. The van der Waals surface area contributed by atoms with Crippen molar-refractivity contribution in [2.45, 2.75) is 40.8 Å². The third-order valence-electron chi connectivity index (χ3n) is 3.92. The topological polar surface area (TPSA) is 29.3 Å². The van der Waals surface area contributed by atoms with Crippen LogP contribution in [-0.2, 0) is 0 Å². The van der Waals surface area contributed by atoms with E-state index in [1.807, 2.05) is 6.92 Å². The maximum Gasteiger partial charge on any atom is 0.136 e. The number of nitrogens with zero attached hydrogens (tertiary/aromatic N) is 2. The van der Waals surface area contributed by atoms with E-state index in [0.29, 0.717) is 5.17 Å². The van der Waals surface area contributed by atoms with Crippen molar-refractivity contribution in [1.29, 1.82) is 0 Å². The smallest absolute Gasteiger partial charge is 0.136 e. The Morgan fingerprint density at radius 1 is 1.10 bits per heavy atom. The Morgan fingerprint density at radius 3 is 2.33 bits per heavy atom. The third kappa shape index (κ3) is 2.26. The van der Waals surface area contributed by atoms with Crippen LogP contribution in [0.3, 0.4) is 0 Å². The van der Waals surface area contributed by atoms with Gasteiger partial charge in [0.2, 0.25) is 0 Å². The fourth-order valence-corrected chi connectivity index (χ4v) is 3.51. The van der Waals surface area contributed by atoms with Gasteiger partial charge in [-0.25, -0.2) is 4.99 Å². The highest BCUT2D eigenvalue weighted by Crippen LogP contribution is 2.34. The molecule has 1 aromatic heterocycles. The second-order valence-electron chi connectivity index (χ2n) is 5.87. The van der Waals surface area contributed by atoms with Gasteiger partial charge in [0.1, 0.15) is 17.2 Å². The average molecular weight is 302 g/mol. The van der Waals surface area contributed by atoms with E-state index in [9.17, 15) is 0 Å². The number of rotatable bonds is 1. The molecule has 3 nitrogen and oxygen atoms in total. The van der Waals surface area contributed by atoms with Crippen molar-refractivity contribution in [3.05, 3.63) is 46.1 Å². The summed E-state index contributed by atoms with van der Waals surface area (Å²) in [6, 6.07) is 6.53. The summed E-state index contributed by atoms with van der Waals surface area (Å²) in [6.45, 7) is 10.6. The van der Waals surface area contributed by atoms with Crippen LogP contribution in [0.15, 0.2) is 23.2 Å². The van der Waals surface area contributed by atoms with Gasteiger partial charge in [0.25, 0.3) is 0 Å². The highest BCUT2D eigenvalue weighted by atomic mass is 35.5. The van der Waals surface area contributed by atoms with Crippen molar-refractivity contribution < 1.29 is 0 Å². The minimum atomic E-state index is -0.0101. The Morgan fingerprint density at radius 2 is 1.71 bits per heavy atom. The number of nitrogens with one attached hydrogen (secondary N) is 1. The summed E-state index contributed by atoms with van der Waals surface area (Å²) in [6.07, 6.45) is -0.0101. The molecule has 4 heteroatoms. The largest absolute Gasteiger partial charge is 0.349 e. The maximum atomic E-state index is 6.32. The van der Waals surface area contributed by atoms with Gasteiger partial charge < -0.3 is 5.32 Å². The van der Waals surface area contributed by atoms with E-state index < -0.39 is 0 Å². The first-order valence-electron chi connectivity index (χ1n) is 7.19. The van der Waals surface area contributed by atoms with Crippen LogP contribution in [0.5, 0.6) is 0 Å². The fourth-order valence-electron chi connectivity index (χ4n) is 3.22. The molecule has 2 heterocycles. The van der Waals surface area contributed by atoms with Crippen LogP contribution in [0.25, 0.3) is 5.69 Å². The Labute approximate surface area is 130 Å². The molecule has 0 bridgehead atoms. The lowest BCUT2D eigenvalue weighted by Crippen LogP contribution is -2.22. The molecule has 0 saturated heterocycles. The summed E-state index contributed by atoms with van der Waals surface area (Å²) in [7, 11) is 0. The van der Waals surface area contributed by atoms with Crippen LogP contribution in [-0.4, -0.2) is 15.9 Å². The molecule has 0 amide bonds. The van der Waals surface area contributed by atoms with Crippen molar-refractivity contribution in [3.63, 3.8) is 0 Å². The quantitative estimate of drug-likeness (QED) is 0.827. The molecule has 1 N–H and O–H groups in total. The predicted octanol–water partition coefficient (Wildman–Crippen LogP) is 4.47. The number of aromatic nitrogens is 1. The van der Waals surface area contributed by atoms with E-state index in [4.69, 9.17) is 11.6 Å². The lowest BCUT2D eigenvalue weighted by Gasteiger charge is -2.23. The Kier molecular flexibility index (Phi) is 3.33. The summed E-state index contributed by atoms with van der Waals surface area (Å²) < 4.78 is 2.26. The number of halogens is 1. The molecule has 21 heavy (non-hydrogen) atoms. The van der Waals surface area contributed by atoms with Gasteiger partial charge in [0, 0.05) is 5.69 Å². The molecule has 1 aliphatic heterocycles. The fraction of sp³-hybridized carbons (Fsp3) is 0.353. The number of benzene rings is 1. The van der Waals surface area contributed by atoms with Crippen LogP contribution in [0, 0.1) is 27.7 Å². The van der Waals surface area contributed by atoms with Gasteiger partial charge in [0.05, 0.1) is 11.3 Å². The molecule has 1 unspecified atom stereocenters. The average Bonchev–Trinajstić information content (AvgIpc) is 2.66. The van der Waals surface area contributed by atoms with Crippen LogP contribution in [0.1, 0.15) is 34.9 Å². The van der Waals surface area contributed by atoms with E-state index in [-0.39, 0.29) is 6.17 Å². The number of fused-ring (bicyclic) bond motifs is 1. The number of aliphatic imine (C=N–C) groups is 1. The first-order chi connectivity index (χ1) is 9.88. The molecular formula is C17H20ClN3. The highest BCUT2D eigenvalue weighted by Gasteiger charge is 2.24. The molecule has 3 rings (SSSR count). The van der Waals surface area contributed by atoms with Gasteiger partial charge in [-0.15, -0.1) is 0 Å². The molecule has 0 saturated carbocycles. The molecule has 2 aromatic rings. The molecule has 110 valence electrons. The lowest BCUT2D eigenvalue weighted by molar-refractivity contribution is 0.824. The lowest BCUT2D eigenvalue weighted by atomic mass is 10.0. The molecule has 0 fully saturated rings. The van der Waals surface area contributed by atoms with Gasteiger partial charge in [-0.3, -0.25) is 4.57 Å². The standard InChI is InChI=1S/C17H20ClN3/c1-9-6-10(2)15(11(3)7-9)21-12(4)8-14-16(18)19-13(5)20-17(14)21/h6-8,13,20H,1-5H3. The van der Waals surface area contributed by atoms with Crippen molar-refractivity contribution in [1.82, 2.24) is 4.57 Å². The van der Waals surface area contributed by atoms with Crippen LogP contribution in [0.4, 0.5) is 5.82 Å². The maximum absolute atomic E-state index is 6.32. The zero-order valence-electron chi connectivity index (χ0n) is 13.1. The molecule has 1 aliphatic rings. The Balaban J connectivity index is 2.29. The summed E-state index contributed by atoms with van der Waals surface area (Å²) in [5.41, 5.74) is 7.18. The zero-order valence-corrected chi connectivity index (χ0v) is 13.8. The monoisotopic (exact) mass is 301 g/mol. The Bertz CT molecular complexity index is 733. The van der Waals surface area contributed by atoms with Crippen molar-refractivity contribution in [2.75, 3.05) is 5.32 Å². The van der Waals surface area contributed by atoms with Gasteiger partial charge in [-0.1, -0.05) is 29.3 Å². The molecule has 1 atom stereocenters. The van der Waals surface area contributed by atoms with Crippen LogP contribution in [0.2, 0.25) is 0 Å². The van der Waals surface area contributed by atoms with Gasteiger partial charge in [-0.05, 0) is 51.8 Å². The number of aryl methyl sites for hydroxylation is 4. The van der Waals surface area contributed by atoms with Crippen LogP contribution >= 0.6 is 11.6 Å². The highest BCUT2D eigenvalue weighted by molar-refractivity contribution is 6.70. The summed E-state index contributed by atoms with van der Waals surface area (Å²) in [4.78, 5) is 4.39. The van der Waals surface area contributed by atoms with E-state index in [2.05, 4.69) is 60.8 Å². The summed E-state index contributed by atoms with van der Waals surface area (Å²) >= 11 is 6.32. The van der Waals surface area contributed by atoms with E-state index in [1.165, 1.54) is 22.4 Å². The molecule has 1 aromatic carbocycles. The van der Waals surface area contributed by atoms with E-state index in [1.54, 1.807) is 0 Å². The third-order valence-corrected chi connectivity index (χ3v) is 4.22. The predicted molar refractivity (Wildman–Crippen MR) is 90.2 cm³/mol. The SMILES string of the molecule is Cc1cc(C)c(-n2c(C)cc3c2NC(C)N=C3Cl)c(C)c1. The van der Waals surface area contributed by atoms with E-state index in [0.717, 1.165) is 17.1 Å². The summed E-state index contributed by atoms with van der Waals surface area (Å²) in [5, 5.41) is 4.02. The second kappa shape index (κ2) is 4.92. The normalized spacial score (nSPS) is 17.2. The van der Waals surface area contributed by atoms with Gasteiger partial charge >= 0.3 is 0 Å². The van der Waals surface area contributed by atoms with E-state index >= 15 is 0 Å². The number of anilines is 1. The van der Waals surface area contributed by atoms with Gasteiger partial charge in [0.15, 0.2) is 0 Å². The molecule has 0 aliphatic carbocycles. The first-order valence-corrected chi connectivity index (χ1v) is 7.57. The number of hydrogen-bond acceptors (Lipinski definition) is 2. The summed E-state index contributed by atoms with van der Waals surface area (Å²) in [5.74, 6) is 1.04.